The van der Waals surface area contributed by atoms with E-state index in [0.29, 0.717) is 5.56 Å². The lowest BCUT2D eigenvalue weighted by atomic mass is 9.98. The Morgan fingerprint density at radius 3 is 2.35 bits per heavy atom. The minimum Gasteiger partial charge on any atom is -0.388 e. The molecule has 0 aliphatic rings. The van der Waals surface area contributed by atoms with Crippen molar-refractivity contribution in [1.82, 2.24) is 0 Å². The van der Waals surface area contributed by atoms with Crippen LogP contribution in [-0.2, 0) is 6.42 Å². The lowest BCUT2D eigenvalue weighted by molar-refractivity contribution is 0.176. The first kappa shape index (κ1) is 15.1. The van der Waals surface area contributed by atoms with Gasteiger partial charge in [-0.2, -0.15) is 0 Å². The summed E-state index contributed by atoms with van der Waals surface area (Å²) in [6.45, 7) is 3.85. The zero-order valence-corrected chi connectivity index (χ0v) is 12.8. The molecule has 106 valence electrons. The van der Waals surface area contributed by atoms with E-state index in [4.69, 9.17) is 0 Å². The fourth-order valence-corrected chi connectivity index (χ4v) is 2.43. The third-order valence-corrected chi connectivity index (χ3v) is 4.54. The molecule has 0 radical (unpaired) electrons. The molecule has 0 aliphatic heterocycles. The van der Waals surface area contributed by atoms with Crippen molar-refractivity contribution >= 4 is 15.9 Å². The number of aliphatic hydroxyl groups excluding tert-OH is 1. The smallest absolute Gasteiger partial charge is 0.162 e. The molecule has 0 amide bonds. The maximum atomic E-state index is 13.6. The minimum atomic E-state index is -0.892. The van der Waals surface area contributed by atoms with Gasteiger partial charge < -0.3 is 5.11 Å². The summed E-state index contributed by atoms with van der Waals surface area (Å²) >= 11 is 3.46. The van der Waals surface area contributed by atoms with Gasteiger partial charge in [0.1, 0.15) is 0 Å². The highest BCUT2D eigenvalue weighted by Gasteiger charge is 2.15. The highest BCUT2D eigenvalue weighted by molar-refractivity contribution is 9.10. The Morgan fingerprint density at radius 1 is 1.15 bits per heavy atom. The van der Waals surface area contributed by atoms with Gasteiger partial charge in [-0.15, -0.1) is 0 Å². The summed E-state index contributed by atoms with van der Waals surface area (Å²) in [5.74, 6) is -1.78. The molecule has 0 bridgehead atoms. The second-order valence-electron chi connectivity index (χ2n) is 4.90. The molecular weight excluding hydrogens is 326 g/mol. The molecule has 1 nitrogen and oxygen atoms in total. The molecule has 0 fully saturated rings. The summed E-state index contributed by atoms with van der Waals surface area (Å²) in [6.07, 6.45) is -0.818. The summed E-state index contributed by atoms with van der Waals surface area (Å²) in [6, 6.07) is 7.69. The number of hydrogen-bond acceptors (Lipinski definition) is 1. The summed E-state index contributed by atoms with van der Waals surface area (Å²) < 4.78 is 27.7. The molecule has 1 N–H and O–H groups in total. The van der Waals surface area contributed by atoms with Gasteiger partial charge in [0.2, 0.25) is 0 Å². The molecule has 2 rings (SSSR count). The molecule has 0 saturated carbocycles. The highest BCUT2D eigenvalue weighted by atomic mass is 79.9. The van der Waals surface area contributed by atoms with Crippen molar-refractivity contribution < 1.29 is 13.9 Å². The highest BCUT2D eigenvalue weighted by Crippen LogP contribution is 2.28. The van der Waals surface area contributed by atoms with Crippen LogP contribution in [0.15, 0.2) is 34.8 Å². The van der Waals surface area contributed by atoms with E-state index in [-0.39, 0.29) is 12.0 Å². The van der Waals surface area contributed by atoms with Crippen LogP contribution >= 0.6 is 15.9 Å². The van der Waals surface area contributed by atoms with Crippen molar-refractivity contribution in [3.8, 4) is 0 Å². The average molecular weight is 341 g/mol. The van der Waals surface area contributed by atoms with Gasteiger partial charge in [-0.05, 0) is 42.2 Å². The van der Waals surface area contributed by atoms with E-state index in [9.17, 15) is 13.9 Å². The van der Waals surface area contributed by atoms with E-state index < -0.39 is 17.7 Å². The van der Waals surface area contributed by atoms with Gasteiger partial charge in [0.05, 0.1) is 6.10 Å². The summed E-state index contributed by atoms with van der Waals surface area (Å²) in [7, 11) is 0. The number of aliphatic hydroxyl groups is 1. The van der Waals surface area contributed by atoms with Gasteiger partial charge in [0, 0.05) is 10.9 Å². The molecule has 2 aromatic carbocycles. The zero-order valence-electron chi connectivity index (χ0n) is 11.3. The molecule has 0 aromatic heterocycles. The van der Waals surface area contributed by atoms with Gasteiger partial charge in [0.15, 0.2) is 11.6 Å². The van der Waals surface area contributed by atoms with E-state index >= 15 is 0 Å². The van der Waals surface area contributed by atoms with Crippen LogP contribution in [0.3, 0.4) is 0 Å². The van der Waals surface area contributed by atoms with E-state index in [1.807, 2.05) is 26.0 Å². The maximum Gasteiger partial charge on any atom is 0.162 e. The summed E-state index contributed by atoms with van der Waals surface area (Å²) in [5.41, 5.74) is 2.88. The Morgan fingerprint density at radius 2 is 1.75 bits per heavy atom. The van der Waals surface area contributed by atoms with Crippen molar-refractivity contribution in [2.75, 3.05) is 0 Å². The molecule has 20 heavy (non-hydrogen) atoms. The van der Waals surface area contributed by atoms with Crippen LogP contribution in [0.4, 0.5) is 8.78 Å². The molecule has 1 atom stereocenters. The number of aryl methyl sites for hydroxylation is 2. The number of rotatable bonds is 3. The first-order valence-electron chi connectivity index (χ1n) is 6.27. The van der Waals surface area contributed by atoms with Crippen molar-refractivity contribution in [1.29, 1.82) is 0 Å². The molecule has 4 heteroatoms. The standard InChI is InChI=1S/C16H15BrF2O/c1-9-6-12(7-10(2)15(9)17)14(20)8-11-4-3-5-13(18)16(11)19/h3-7,14,20H,8H2,1-2H3. The lowest BCUT2D eigenvalue weighted by Crippen LogP contribution is -2.05. The van der Waals surface area contributed by atoms with Gasteiger partial charge in [0.25, 0.3) is 0 Å². The van der Waals surface area contributed by atoms with Crippen molar-refractivity contribution in [3.63, 3.8) is 0 Å². The molecule has 0 saturated heterocycles. The van der Waals surface area contributed by atoms with Crippen molar-refractivity contribution in [3.05, 3.63) is 68.7 Å². The predicted molar refractivity (Wildman–Crippen MR) is 78.6 cm³/mol. The third kappa shape index (κ3) is 3.07. The molecule has 1 unspecified atom stereocenters. The van der Waals surface area contributed by atoms with Crippen LogP contribution < -0.4 is 0 Å². The maximum absolute atomic E-state index is 13.6. The molecule has 0 heterocycles. The van der Waals surface area contributed by atoms with Crippen molar-refractivity contribution in [2.45, 2.75) is 26.4 Å². The Hall–Kier alpha value is -1.26. The van der Waals surface area contributed by atoms with Crippen LogP contribution in [0.5, 0.6) is 0 Å². The normalized spacial score (nSPS) is 12.5. The fourth-order valence-electron chi connectivity index (χ4n) is 2.20. The second kappa shape index (κ2) is 6.02. The lowest BCUT2D eigenvalue weighted by Gasteiger charge is -2.15. The molecule has 0 aliphatic carbocycles. The van der Waals surface area contributed by atoms with Crippen LogP contribution in [0.25, 0.3) is 0 Å². The third-order valence-electron chi connectivity index (χ3n) is 3.29. The fraction of sp³-hybridized carbons (Fsp3) is 0.250. The molecule has 0 spiro atoms. The van der Waals surface area contributed by atoms with E-state index in [1.165, 1.54) is 12.1 Å². The first-order chi connectivity index (χ1) is 9.40. The largest absolute Gasteiger partial charge is 0.388 e. The van der Waals surface area contributed by atoms with Crippen LogP contribution in [0.2, 0.25) is 0 Å². The first-order valence-corrected chi connectivity index (χ1v) is 7.07. The number of hydrogen-bond donors (Lipinski definition) is 1. The SMILES string of the molecule is Cc1cc(C(O)Cc2cccc(F)c2F)cc(C)c1Br. The van der Waals surface area contributed by atoms with E-state index in [2.05, 4.69) is 15.9 Å². The minimum absolute atomic E-state index is 0.0457. The number of halogens is 3. The second-order valence-corrected chi connectivity index (χ2v) is 5.69. The summed E-state index contributed by atoms with van der Waals surface area (Å²) in [5, 5.41) is 10.2. The van der Waals surface area contributed by atoms with Crippen LogP contribution in [0.1, 0.15) is 28.4 Å². The molecule has 2 aromatic rings. The predicted octanol–water partition coefficient (Wildman–Crippen LogP) is 4.62. The molecular formula is C16H15BrF2O. The van der Waals surface area contributed by atoms with Gasteiger partial charge in [-0.3, -0.25) is 0 Å². The van der Waals surface area contributed by atoms with Crippen LogP contribution in [-0.4, -0.2) is 5.11 Å². The van der Waals surface area contributed by atoms with E-state index in [0.717, 1.165) is 21.7 Å². The quantitative estimate of drug-likeness (QED) is 0.864. The van der Waals surface area contributed by atoms with Crippen LogP contribution in [0, 0.1) is 25.5 Å². The van der Waals surface area contributed by atoms with Gasteiger partial charge >= 0.3 is 0 Å². The van der Waals surface area contributed by atoms with Gasteiger partial charge in [-0.1, -0.05) is 40.2 Å². The van der Waals surface area contributed by atoms with E-state index in [1.54, 1.807) is 0 Å². The zero-order chi connectivity index (χ0) is 14.9. The Labute approximate surface area is 125 Å². The topological polar surface area (TPSA) is 20.2 Å². The van der Waals surface area contributed by atoms with Gasteiger partial charge in [-0.25, -0.2) is 8.78 Å². The Balaban J connectivity index is 2.28. The average Bonchev–Trinajstić information content (AvgIpc) is 2.40. The Kier molecular flexibility index (Phi) is 4.55. The Bertz CT molecular complexity index is 617. The van der Waals surface area contributed by atoms with Crippen molar-refractivity contribution in [2.24, 2.45) is 0 Å². The number of benzene rings is 2. The summed E-state index contributed by atoms with van der Waals surface area (Å²) in [4.78, 5) is 0. The monoisotopic (exact) mass is 340 g/mol.